The van der Waals surface area contributed by atoms with E-state index in [2.05, 4.69) is 23.8 Å². The zero-order valence-corrected chi connectivity index (χ0v) is 19.2. The maximum Gasteiger partial charge on any atom is 0.343 e. The van der Waals surface area contributed by atoms with Crippen LogP contribution in [-0.2, 0) is 19.1 Å². The van der Waals surface area contributed by atoms with Crippen LogP contribution in [0.25, 0.3) is 17.0 Å². The van der Waals surface area contributed by atoms with Crippen molar-refractivity contribution in [2.24, 2.45) is 29.6 Å². The number of esters is 2. The minimum absolute atomic E-state index is 0.00368. The van der Waals surface area contributed by atoms with Crippen LogP contribution in [-0.4, -0.2) is 36.7 Å². The topological polar surface area (TPSA) is 74.7 Å². The van der Waals surface area contributed by atoms with Crippen molar-refractivity contribution >= 4 is 28.9 Å². The Morgan fingerprint density at radius 3 is 2.91 bits per heavy atom. The van der Waals surface area contributed by atoms with Gasteiger partial charge in [0.05, 0.1) is 24.2 Å². The van der Waals surface area contributed by atoms with Crippen LogP contribution in [0.1, 0.15) is 44.7 Å². The molecule has 0 N–H and O–H groups in total. The number of methoxy groups -OCH3 is 1. The number of rotatable bonds is 5. The van der Waals surface area contributed by atoms with Gasteiger partial charge in [-0.25, -0.2) is 9.78 Å². The average molecular weight is 450 g/mol. The first kappa shape index (κ1) is 21.9. The van der Waals surface area contributed by atoms with Crippen LogP contribution >= 0.6 is 0 Å². The fourth-order valence-electron chi connectivity index (χ4n) is 6.30. The number of carbonyl (C=O) groups is 2. The molecular formula is C27H31NO5. The summed E-state index contributed by atoms with van der Waals surface area (Å²) in [6.07, 6.45) is 10.4. The number of hydrogen-bond acceptors (Lipinski definition) is 6. The second-order valence-corrected chi connectivity index (χ2v) is 9.66. The lowest BCUT2D eigenvalue weighted by atomic mass is 9.57. The van der Waals surface area contributed by atoms with Crippen molar-refractivity contribution < 1.29 is 23.8 Å². The maximum absolute atomic E-state index is 12.5. The summed E-state index contributed by atoms with van der Waals surface area (Å²) in [6, 6.07) is 9.61. The summed E-state index contributed by atoms with van der Waals surface area (Å²) in [7, 11) is 1.34. The van der Waals surface area contributed by atoms with E-state index in [4.69, 9.17) is 14.5 Å². The average Bonchev–Trinajstić information content (AvgIpc) is 3.12. The maximum atomic E-state index is 12.5. The molecular weight excluding hydrogens is 418 g/mol. The van der Waals surface area contributed by atoms with Crippen LogP contribution in [0.15, 0.2) is 36.4 Å². The lowest BCUT2D eigenvalue weighted by Crippen LogP contribution is -2.42. The quantitative estimate of drug-likeness (QED) is 0.610. The molecule has 1 aliphatic heterocycles. The van der Waals surface area contributed by atoms with Gasteiger partial charge in [0.15, 0.2) is 6.61 Å². The highest BCUT2D eigenvalue weighted by Crippen LogP contribution is 2.53. The van der Waals surface area contributed by atoms with Crippen LogP contribution in [0.5, 0.6) is 5.75 Å². The van der Waals surface area contributed by atoms with E-state index in [-0.39, 0.29) is 30.5 Å². The van der Waals surface area contributed by atoms with Gasteiger partial charge in [-0.05, 0) is 67.9 Å². The van der Waals surface area contributed by atoms with Crippen molar-refractivity contribution in [2.45, 2.75) is 45.1 Å². The molecule has 2 heterocycles. The smallest absolute Gasteiger partial charge is 0.343 e. The lowest BCUT2D eigenvalue weighted by molar-refractivity contribution is -0.144. The Balaban J connectivity index is 1.37. The molecule has 2 aliphatic carbocycles. The molecule has 33 heavy (non-hydrogen) atoms. The van der Waals surface area contributed by atoms with Crippen molar-refractivity contribution in [1.29, 1.82) is 0 Å². The highest BCUT2D eigenvalue weighted by Gasteiger charge is 2.53. The number of aromatic nitrogens is 1. The zero-order valence-electron chi connectivity index (χ0n) is 19.2. The van der Waals surface area contributed by atoms with Crippen LogP contribution in [0.2, 0.25) is 0 Å². The highest BCUT2D eigenvalue weighted by atomic mass is 16.6. The Morgan fingerprint density at radius 2 is 2.06 bits per heavy atom. The van der Waals surface area contributed by atoms with E-state index in [1.807, 2.05) is 30.3 Å². The SMILES string of the molecule is COC(=O)COc1ccc2nc(C=CC3C4CCCCC4CC4C(=O)O[C@H](C)C43)ccc2c1. The minimum Gasteiger partial charge on any atom is -0.482 e. The molecule has 5 rings (SSSR count). The van der Waals surface area contributed by atoms with Crippen molar-refractivity contribution in [3.63, 3.8) is 0 Å². The van der Waals surface area contributed by atoms with E-state index in [1.54, 1.807) is 0 Å². The van der Waals surface area contributed by atoms with Crippen LogP contribution in [0.3, 0.4) is 0 Å². The summed E-state index contributed by atoms with van der Waals surface area (Å²) in [4.78, 5) is 28.6. The summed E-state index contributed by atoms with van der Waals surface area (Å²) < 4.78 is 15.8. The molecule has 6 atom stereocenters. The first-order valence-electron chi connectivity index (χ1n) is 12.0. The second-order valence-electron chi connectivity index (χ2n) is 9.66. The van der Waals surface area contributed by atoms with E-state index in [1.165, 1.54) is 32.8 Å². The third-order valence-electron chi connectivity index (χ3n) is 7.83. The predicted octanol–water partition coefficient (Wildman–Crippen LogP) is 4.80. The lowest BCUT2D eigenvalue weighted by Gasteiger charge is -2.45. The van der Waals surface area contributed by atoms with Gasteiger partial charge in [-0.2, -0.15) is 0 Å². The molecule has 3 aliphatic rings. The molecule has 5 unspecified atom stereocenters. The van der Waals surface area contributed by atoms with Crippen molar-refractivity contribution in [3.05, 3.63) is 42.1 Å². The Labute approximate surface area is 194 Å². The van der Waals surface area contributed by atoms with E-state index < -0.39 is 5.97 Å². The molecule has 0 amide bonds. The number of hydrogen-bond donors (Lipinski definition) is 0. The summed E-state index contributed by atoms with van der Waals surface area (Å²) in [6.45, 7) is 1.94. The van der Waals surface area contributed by atoms with Gasteiger partial charge in [-0.1, -0.05) is 31.4 Å². The number of benzene rings is 1. The number of allylic oxidation sites excluding steroid dienone is 1. The van der Waals surface area contributed by atoms with Crippen molar-refractivity contribution in [1.82, 2.24) is 4.98 Å². The molecule has 3 fully saturated rings. The number of carbonyl (C=O) groups excluding carboxylic acids is 2. The van der Waals surface area contributed by atoms with Crippen LogP contribution < -0.4 is 4.74 Å². The fraction of sp³-hybridized carbons (Fsp3) is 0.519. The first-order valence-corrected chi connectivity index (χ1v) is 12.0. The van der Waals surface area contributed by atoms with Crippen molar-refractivity contribution in [3.8, 4) is 5.75 Å². The number of nitrogens with zero attached hydrogens (tertiary/aromatic N) is 1. The molecule has 0 bridgehead atoms. The molecule has 1 aromatic carbocycles. The van der Waals surface area contributed by atoms with Crippen molar-refractivity contribution in [2.75, 3.05) is 13.7 Å². The predicted molar refractivity (Wildman–Crippen MR) is 124 cm³/mol. The van der Waals surface area contributed by atoms with Gasteiger partial charge in [0.25, 0.3) is 0 Å². The standard InChI is InChI=1S/C27H31NO5/c1-16-26-22(21-6-4-3-5-17(21)14-23(26)27(30)33-16)11-9-19-8-7-18-13-20(10-12-24(18)28-19)32-15-25(29)31-2/h7-13,16-17,21-23,26H,3-6,14-15H2,1-2H3/t16-,17?,21?,22?,23?,26?/m1/s1. The highest BCUT2D eigenvalue weighted by molar-refractivity contribution is 5.81. The number of cyclic esters (lactones) is 1. The number of ether oxygens (including phenoxy) is 3. The third-order valence-corrected chi connectivity index (χ3v) is 7.83. The van der Waals surface area contributed by atoms with Crippen LogP contribution in [0.4, 0.5) is 0 Å². The molecule has 6 heteroatoms. The molecule has 1 saturated heterocycles. The van der Waals surface area contributed by atoms with Gasteiger partial charge in [0, 0.05) is 11.3 Å². The normalized spacial score (nSPS) is 31.2. The molecule has 0 spiro atoms. The molecule has 6 nitrogen and oxygen atoms in total. The van der Waals surface area contributed by atoms with E-state index in [9.17, 15) is 9.59 Å². The monoisotopic (exact) mass is 449 g/mol. The summed E-state index contributed by atoms with van der Waals surface area (Å²) in [5, 5.41) is 0.947. The van der Waals surface area contributed by atoms with Gasteiger partial charge in [-0.15, -0.1) is 0 Å². The zero-order chi connectivity index (χ0) is 22.9. The van der Waals surface area contributed by atoms with Crippen LogP contribution in [0, 0.1) is 29.6 Å². The molecule has 2 saturated carbocycles. The number of fused-ring (bicyclic) bond motifs is 3. The Morgan fingerprint density at radius 1 is 1.21 bits per heavy atom. The summed E-state index contributed by atoms with van der Waals surface area (Å²) in [5.74, 6) is 2.11. The van der Waals surface area contributed by atoms with Gasteiger partial charge in [0.1, 0.15) is 11.9 Å². The first-order chi connectivity index (χ1) is 16.0. The number of pyridine rings is 1. The van der Waals surface area contributed by atoms with E-state index in [0.29, 0.717) is 23.5 Å². The van der Waals surface area contributed by atoms with Gasteiger partial charge in [0.2, 0.25) is 0 Å². The fourth-order valence-corrected chi connectivity index (χ4v) is 6.30. The molecule has 174 valence electrons. The summed E-state index contributed by atoms with van der Waals surface area (Å²) in [5.41, 5.74) is 1.77. The van der Waals surface area contributed by atoms with Gasteiger partial charge >= 0.3 is 11.9 Å². The van der Waals surface area contributed by atoms with Gasteiger partial charge in [-0.3, -0.25) is 4.79 Å². The Bertz CT molecular complexity index is 1080. The third kappa shape index (κ3) is 4.35. The molecule has 1 aromatic heterocycles. The molecule has 0 radical (unpaired) electrons. The Hall–Kier alpha value is -2.89. The summed E-state index contributed by atoms with van der Waals surface area (Å²) >= 11 is 0. The molecule has 2 aromatic rings. The van der Waals surface area contributed by atoms with E-state index >= 15 is 0 Å². The largest absolute Gasteiger partial charge is 0.482 e. The van der Waals surface area contributed by atoms with Gasteiger partial charge < -0.3 is 14.2 Å². The van der Waals surface area contributed by atoms with E-state index in [0.717, 1.165) is 23.0 Å². The second kappa shape index (κ2) is 9.16. The Kier molecular flexibility index (Phi) is 6.09. The minimum atomic E-state index is -0.414.